The van der Waals surface area contributed by atoms with E-state index in [1.807, 2.05) is 67.6 Å². The summed E-state index contributed by atoms with van der Waals surface area (Å²) in [7, 11) is 1.60. The number of methoxy groups -OCH3 is 1. The fourth-order valence-electron chi connectivity index (χ4n) is 4.70. The fraction of sp³-hybridized carbons (Fsp3) is 0.286. The van der Waals surface area contributed by atoms with E-state index in [2.05, 4.69) is 15.1 Å². The van der Waals surface area contributed by atoms with Crippen molar-refractivity contribution in [3.8, 4) is 5.75 Å². The molecule has 7 heteroatoms. The van der Waals surface area contributed by atoms with Crippen LogP contribution in [0.3, 0.4) is 0 Å². The number of ether oxygens (including phenoxy) is 1. The highest BCUT2D eigenvalue weighted by Gasteiger charge is 2.26. The first-order valence-electron chi connectivity index (χ1n) is 11.8. The van der Waals surface area contributed by atoms with Gasteiger partial charge in [-0.2, -0.15) is 0 Å². The third kappa shape index (κ3) is 4.47. The average molecular weight is 472 g/mol. The van der Waals surface area contributed by atoms with E-state index in [-0.39, 0.29) is 17.7 Å². The van der Waals surface area contributed by atoms with Crippen LogP contribution in [0.1, 0.15) is 24.2 Å². The van der Waals surface area contributed by atoms with Crippen molar-refractivity contribution in [2.75, 3.05) is 43.5 Å². The van der Waals surface area contributed by atoms with Crippen LogP contribution in [0, 0.1) is 0 Å². The van der Waals surface area contributed by atoms with E-state index >= 15 is 0 Å². The zero-order valence-electron chi connectivity index (χ0n) is 20.2. The summed E-state index contributed by atoms with van der Waals surface area (Å²) in [6.45, 7) is 6.66. The van der Waals surface area contributed by atoms with Gasteiger partial charge in [0.2, 0.25) is 5.91 Å². The number of hydrogen-bond donors (Lipinski definition) is 1. The van der Waals surface area contributed by atoms with Gasteiger partial charge in [-0.15, -0.1) is 0 Å². The van der Waals surface area contributed by atoms with E-state index in [1.54, 1.807) is 14.0 Å². The molecule has 1 aliphatic rings. The summed E-state index contributed by atoms with van der Waals surface area (Å²) in [6, 6.07) is 19.0. The van der Waals surface area contributed by atoms with Gasteiger partial charge in [0.25, 0.3) is 0 Å². The summed E-state index contributed by atoms with van der Waals surface area (Å²) in [5.41, 5.74) is 3.92. The maximum absolute atomic E-state index is 13.2. The molecular formula is C28H29N3O4. The second-order valence-corrected chi connectivity index (χ2v) is 8.94. The number of anilines is 2. The molecule has 4 aromatic rings. The van der Waals surface area contributed by atoms with Crippen molar-refractivity contribution in [2.45, 2.75) is 19.9 Å². The molecule has 1 atom stereocenters. The van der Waals surface area contributed by atoms with Gasteiger partial charge in [-0.1, -0.05) is 18.2 Å². The van der Waals surface area contributed by atoms with Crippen LogP contribution in [0.15, 0.2) is 65.1 Å². The number of nitrogens with one attached hydrogen (secondary N) is 1. The van der Waals surface area contributed by atoms with Crippen LogP contribution in [-0.4, -0.2) is 55.9 Å². The molecule has 180 valence electrons. The van der Waals surface area contributed by atoms with Crippen LogP contribution >= 0.6 is 0 Å². The van der Waals surface area contributed by atoms with Gasteiger partial charge in [0.1, 0.15) is 16.9 Å². The molecule has 0 saturated carbocycles. The Morgan fingerprint density at radius 1 is 0.943 bits per heavy atom. The van der Waals surface area contributed by atoms with Gasteiger partial charge in [0.05, 0.1) is 18.8 Å². The van der Waals surface area contributed by atoms with Gasteiger partial charge in [-0.25, -0.2) is 0 Å². The molecule has 1 aliphatic heterocycles. The Balaban J connectivity index is 1.26. The van der Waals surface area contributed by atoms with Crippen molar-refractivity contribution in [2.24, 2.45) is 0 Å². The molecule has 3 aromatic carbocycles. The third-order valence-corrected chi connectivity index (χ3v) is 6.84. The standard InChI is InChI=1S/C28H29N3O4/c1-18(30-12-14-31(15-13-30)21-10-8-20(9-11-21)19(2)32)28(33)29-24-17-26-23(16-27(24)34-3)22-6-4-5-7-25(22)35-26/h4-11,16-18H,12-15H2,1-3H3,(H,29,33). The topological polar surface area (TPSA) is 75.0 Å². The van der Waals surface area contributed by atoms with E-state index in [0.717, 1.165) is 48.2 Å². The third-order valence-electron chi connectivity index (χ3n) is 6.84. The first-order valence-corrected chi connectivity index (χ1v) is 11.8. The van der Waals surface area contributed by atoms with Crippen molar-refractivity contribution in [3.63, 3.8) is 0 Å². The summed E-state index contributed by atoms with van der Waals surface area (Å²) in [5.74, 6) is 0.582. The number of furan rings is 1. The van der Waals surface area contributed by atoms with Crippen LogP contribution in [0.4, 0.5) is 11.4 Å². The van der Waals surface area contributed by atoms with E-state index in [9.17, 15) is 9.59 Å². The molecular weight excluding hydrogens is 442 g/mol. The molecule has 2 heterocycles. The number of hydrogen-bond acceptors (Lipinski definition) is 6. The number of amides is 1. The number of benzene rings is 3. The molecule has 7 nitrogen and oxygen atoms in total. The molecule has 0 spiro atoms. The summed E-state index contributed by atoms with van der Waals surface area (Å²) < 4.78 is 11.6. The maximum Gasteiger partial charge on any atom is 0.241 e. The molecule has 0 radical (unpaired) electrons. The zero-order chi connectivity index (χ0) is 24.5. The van der Waals surface area contributed by atoms with Crippen molar-refractivity contribution >= 4 is 45.0 Å². The Kier molecular flexibility index (Phi) is 6.17. The summed E-state index contributed by atoms with van der Waals surface area (Å²) in [5, 5.41) is 5.01. The Labute approximate surface area is 204 Å². The fourth-order valence-corrected chi connectivity index (χ4v) is 4.70. The predicted molar refractivity (Wildman–Crippen MR) is 139 cm³/mol. The quantitative estimate of drug-likeness (QED) is 0.401. The Bertz CT molecular complexity index is 1380. The number of nitrogens with zero attached hydrogens (tertiary/aromatic N) is 2. The smallest absolute Gasteiger partial charge is 0.241 e. The van der Waals surface area contributed by atoms with Crippen LogP contribution in [0.2, 0.25) is 0 Å². The van der Waals surface area contributed by atoms with Gasteiger partial charge in [0, 0.05) is 54.3 Å². The lowest BCUT2D eigenvalue weighted by atomic mass is 10.1. The first kappa shape index (κ1) is 22.9. The molecule has 35 heavy (non-hydrogen) atoms. The van der Waals surface area contributed by atoms with Crippen LogP contribution in [0.5, 0.6) is 5.75 Å². The minimum atomic E-state index is -0.298. The van der Waals surface area contributed by atoms with Gasteiger partial charge in [-0.3, -0.25) is 14.5 Å². The normalized spacial score (nSPS) is 15.3. The monoisotopic (exact) mass is 471 g/mol. The van der Waals surface area contributed by atoms with Crippen molar-refractivity contribution < 1.29 is 18.7 Å². The number of Topliss-reactive ketones (excluding diaryl/α,β-unsaturated/α-hetero) is 1. The van der Waals surface area contributed by atoms with Crippen molar-refractivity contribution in [1.29, 1.82) is 0 Å². The minimum absolute atomic E-state index is 0.0670. The second-order valence-electron chi connectivity index (χ2n) is 8.94. The van der Waals surface area contributed by atoms with Crippen LogP contribution in [0.25, 0.3) is 21.9 Å². The number of fused-ring (bicyclic) bond motifs is 3. The number of carbonyl (C=O) groups excluding carboxylic acids is 2. The molecule has 1 amide bonds. The zero-order valence-corrected chi connectivity index (χ0v) is 20.2. The van der Waals surface area contributed by atoms with E-state index in [0.29, 0.717) is 22.6 Å². The summed E-state index contributed by atoms with van der Waals surface area (Å²) in [4.78, 5) is 29.1. The highest BCUT2D eigenvalue weighted by atomic mass is 16.5. The molecule has 0 bridgehead atoms. The Morgan fingerprint density at radius 2 is 1.66 bits per heavy atom. The van der Waals surface area contributed by atoms with Crippen LogP contribution in [-0.2, 0) is 4.79 Å². The highest BCUT2D eigenvalue weighted by Crippen LogP contribution is 2.36. The molecule has 1 aromatic heterocycles. The van der Waals surface area contributed by atoms with Crippen molar-refractivity contribution in [3.05, 3.63) is 66.2 Å². The van der Waals surface area contributed by atoms with E-state index < -0.39 is 0 Å². The highest BCUT2D eigenvalue weighted by molar-refractivity contribution is 6.08. The van der Waals surface area contributed by atoms with Gasteiger partial charge >= 0.3 is 0 Å². The lowest BCUT2D eigenvalue weighted by molar-refractivity contribution is -0.120. The number of piperazine rings is 1. The van der Waals surface area contributed by atoms with Crippen molar-refractivity contribution in [1.82, 2.24) is 4.90 Å². The minimum Gasteiger partial charge on any atom is -0.495 e. The molecule has 0 aliphatic carbocycles. The molecule has 1 saturated heterocycles. The number of para-hydroxylation sites is 1. The number of carbonyl (C=O) groups is 2. The van der Waals surface area contributed by atoms with Gasteiger partial charge in [0.15, 0.2) is 5.78 Å². The van der Waals surface area contributed by atoms with Gasteiger partial charge in [-0.05, 0) is 50.2 Å². The first-order chi connectivity index (χ1) is 16.9. The summed E-state index contributed by atoms with van der Waals surface area (Å²) >= 11 is 0. The second kappa shape index (κ2) is 9.43. The van der Waals surface area contributed by atoms with E-state index in [1.165, 1.54) is 0 Å². The average Bonchev–Trinajstić information content (AvgIpc) is 3.25. The number of rotatable bonds is 6. The Hall–Kier alpha value is -3.84. The molecule has 1 unspecified atom stereocenters. The summed E-state index contributed by atoms with van der Waals surface area (Å²) in [6.07, 6.45) is 0. The SMILES string of the molecule is COc1cc2c(cc1NC(=O)C(C)N1CCN(c3ccc(C(C)=O)cc3)CC1)oc1ccccc12. The lowest BCUT2D eigenvalue weighted by Crippen LogP contribution is -2.52. The maximum atomic E-state index is 13.2. The number of ketones is 1. The van der Waals surface area contributed by atoms with Crippen LogP contribution < -0.4 is 15.0 Å². The predicted octanol–water partition coefficient (Wildman–Crippen LogP) is 4.95. The molecule has 1 fully saturated rings. The molecule has 1 N–H and O–H groups in total. The van der Waals surface area contributed by atoms with E-state index in [4.69, 9.17) is 9.15 Å². The largest absolute Gasteiger partial charge is 0.495 e. The molecule has 5 rings (SSSR count). The Morgan fingerprint density at radius 3 is 2.34 bits per heavy atom. The lowest BCUT2D eigenvalue weighted by Gasteiger charge is -2.38. The van der Waals surface area contributed by atoms with Gasteiger partial charge < -0.3 is 19.4 Å².